The molecule has 0 aliphatic heterocycles. The Kier molecular flexibility index (Phi) is 4.15. The predicted molar refractivity (Wildman–Crippen MR) is 76.6 cm³/mol. The monoisotopic (exact) mass is 254 g/mol. The molecule has 98 valence electrons. The van der Waals surface area contributed by atoms with Crippen LogP contribution in [0.5, 0.6) is 0 Å². The zero-order valence-corrected chi connectivity index (χ0v) is 10.7. The minimum Gasteiger partial charge on any atom is -0.385 e. The first-order chi connectivity index (χ1) is 9.18. The molecular weight excluding hydrogens is 236 g/mol. The Morgan fingerprint density at radius 2 is 1.53 bits per heavy atom. The third kappa shape index (κ3) is 2.75. The van der Waals surface area contributed by atoms with Gasteiger partial charge in [-0.05, 0) is 11.1 Å². The van der Waals surface area contributed by atoms with Gasteiger partial charge in [-0.15, -0.1) is 6.58 Å². The molecule has 0 fully saturated rings. The summed E-state index contributed by atoms with van der Waals surface area (Å²) in [5.41, 5.74) is 0.0200. The fraction of sp³-hybridized carbons (Fsp3) is 0.176. The molecule has 0 aliphatic rings. The van der Waals surface area contributed by atoms with Gasteiger partial charge in [-0.2, -0.15) is 0 Å². The predicted octanol–water partition coefficient (Wildman–Crippen LogP) is 3.18. The molecule has 2 atom stereocenters. The van der Waals surface area contributed by atoms with E-state index in [2.05, 4.69) is 6.58 Å². The maximum absolute atomic E-state index is 10.9. The molecule has 0 spiro atoms. The van der Waals surface area contributed by atoms with Crippen LogP contribution in [0.2, 0.25) is 0 Å². The summed E-state index contributed by atoms with van der Waals surface area (Å²) in [6.45, 7) is 3.68. The molecule has 2 nitrogen and oxygen atoms in total. The Balaban J connectivity index is 2.42. The Labute approximate surface area is 113 Å². The average molecular weight is 254 g/mol. The fourth-order valence-corrected chi connectivity index (χ4v) is 2.25. The summed E-state index contributed by atoms with van der Waals surface area (Å²) in [7, 11) is 0. The van der Waals surface area contributed by atoms with Crippen LogP contribution in [0.4, 0.5) is 0 Å². The first kappa shape index (κ1) is 13.5. The van der Waals surface area contributed by atoms with Crippen molar-refractivity contribution in [2.45, 2.75) is 18.1 Å². The maximum atomic E-state index is 10.9. The SMILES string of the molecule is C=CCC(O)(c1ccccc1)C(O)c1ccccc1. The molecule has 0 amide bonds. The Morgan fingerprint density at radius 1 is 1.00 bits per heavy atom. The molecule has 0 heterocycles. The summed E-state index contributed by atoms with van der Waals surface area (Å²) < 4.78 is 0. The summed E-state index contributed by atoms with van der Waals surface area (Å²) >= 11 is 0. The maximum Gasteiger partial charge on any atom is 0.123 e. The highest BCUT2D eigenvalue weighted by atomic mass is 16.3. The summed E-state index contributed by atoms with van der Waals surface area (Å²) in [4.78, 5) is 0. The zero-order chi connectivity index (χ0) is 13.7. The van der Waals surface area contributed by atoms with Crippen molar-refractivity contribution in [2.75, 3.05) is 0 Å². The highest BCUT2D eigenvalue weighted by Gasteiger charge is 2.37. The van der Waals surface area contributed by atoms with Gasteiger partial charge in [-0.25, -0.2) is 0 Å². The van der Waals surface area contributed by atoms with Crippen LogP contribution in [-0.4, -0.2) is 10.2 Å². The van der Waals surface area contributed by atoms with Crippen LogP contribution in [0.3, 0.4) is 0 Å². The van der Waals surface area contributed by atoms with Gasteiger partial charge in [0.15, 0.2) is 0 Å². The van der Waals surface area contributed by atoms with Gasteiger partial charge in [-0.3, -0.25) is 0 Å². The van der Waals surface area contributed by atoms with Crippen LogP contribution in [0.25, 0.3) is 0 Å². The molecule has 2 aromatic rings. The molecule has 0 saturated heterocycles. The van der Waals surface area contributed by atoms with E-state index in [1.165, 1.54) is 0 Å². The number of aliphatic hydroxyl groups excluding tert-OH is 1. The van der Waals surface area contributed by atoms with E-state index in [-0.39, 0.29) is 6.42 Å². The summed E-state index contributed by atoms with van der Waals surface area (Å²) in [5, 5.41) is 21.4. The molecule has 19 heavy (non-hydrogen) atoms. The first-order valence-corrected chi connectivity index (χ1v) is 6.30. The molecular formula is C17H18O2. The van der Waals surface area contributed by atoms with Crippen LogP contribution in [0, 0.1) is 0 Å². The van der Waals surface area contributed by atoms with Crippen LogP contribution < -0.4 is 0 Å². The van der Waals surface area contributed by atoms with Crippen molar-refractivity contribution in [1.82, 2.24) is 0 Å². The van der Waals surface area contributed by atoms with Crippen molar-refractivity contribution in [1.29, 1.82) is 0 Å². The molecule has 2 unspecified atom stereocenters. The van der Waals surface area contributed by atoms with Gasteiger partial charge < -0.3 is 10.2 Å². The molecule has 2 rings (SSSR count). The Hall–Kier alpha value is -1.90. The lowest BCUT2D eigenvalue weighted by molar-refractivity contribution is -0.0810. The summed E-state index contributed by atoms with van der Waals surface area (Å²) in [6, 6.07) is 18.4. The molecule has 2 heteroatoms. The standard InChI is InChI=1S/C17H18O2/c1-2-13-17(19,15-11-7-4-8-12-15)16(18)14-9-5-3-6-10-14/h2-12,16,18-19H,1,13H2. The lowest BCUT2D eigenvalue weighted by Crippen LogP contribution is -2.33. The van der Waals surface area contributed by atoms with Crippen LogP contribution in [0.1, 0.15) is 23.7 Å². The third-order valence-electron chi connectivity index (χ3n) is 3.30. The third-order valence-corrected chi connectivity index (χ3v) is 3.30. The van der Waals surface area contributed by atoms with E-state index in [4.69, 9.17) is 0 Å². The molecule has 0 bridgehead atoms. The highest BCUT2D eigenvalue weighted by Crippen LogP contribution is 2.38. The highest BCUT2D eigenvalue weighted by molar-refractivity contribution is 5.30. The van der Waals surface area contributed by atoms with Gasteiger partial charge in [0.1, 0.15) is 11.7 Å². The zero-order valence-electron chi connectivity index (χ0n) is 10.7. The largest absolute Gasteiger partial charge is 0.385 e. The van der Waals surface area contributed by atoms with Gasteiger partial charge in [0, 0.05) is 6.42 Å². The van der Waals surface area contributed by atoms with E-state index >= 15 is 0 Å². The van der Waals surface area contributed by atoms with Gasteiger partial charge in [0.25, 0.3) is 0 Å². The van der Waals surface area contributed by atoms with Crippen LogP contribution in [0.15, 0.2) is 73.3 Å². The second-order valence-electron chi connectivity index (χ2n) is 4.60. The minimum absolute atomic E-state index is 0.285. The van der Waals surface area contributed by atoms with Crippen molar-refractivity contribution >= 4 is 0 Å². The van der Waals surface area contributed by atoms with Crippen molar-refractivity contribution in [3.8, 4) is 0 Å². The molecule has 2 N–H and O–H groups in total. The average Bonchev–Trinajstić information content (AvgIpc) is 2.48. The first-order valence-electron chi connectivity index (χ1n) is 6.30. The Morgan fingerprint density at radius 3 is 2.05 bits per heavy atom. The van der Waals surface area contributed by atoms with Crippen molar-refractivity contribution < 1.29 is 10.2 Å². The summed E-state index contributed by atoms with van der Waals surface area (Å²) in [5.74, 6) is 0. The van der Waals surface area contributed by atoms with Crippen molar-refractivity contribution in [3.05, 3.63) is 84.4 Å². The lowest BCUT2D eigenvalue weighted by atomic mass is 9.82. The molecule has 0 radical (unpaired) electrons. The number of hydrogen-bond acceptors (Lipinski definition) is 2. The van der Waals surface area contributed by atoms with E-state index in [1.807, 2.05) is 60.7 Å². The van der Waals surface area contributed by atoms with Gasteiger partial charge in [-0.1, -0.05) is 66.7 Å². The van der Waals surface area contributed by atoms with E-state index < -0.39 is 11.7 Å². The number of rotatable bonds is 5. The van der Waals surface area contributed by atoms with E-state index in [9.17, 15) is 10.2 Å². The normalized spacial score (nSPS) is 15.5. The molecule has 0 aliphatic carbocycles. The summed E-state index contributed by atoms with van der Waals surface area (Å²) in [6.07, 6.45) is 0.917. The lowest BCUT2D eigenvalue weighted by Gasteiger charge is -2.33. The van der Waals surface area contributed by atoms with Gasteiger partial charge in [0.05, 0.1) is 0 Å². The quantitative estimate of drug-likeness (QED) is 0.804. The van der Waals surface area contributed by atoms with Crippen LogP contribution in [-0.2, 0) is 5.60 Å². The smallest absolute Gasteiger partial charge is 0.123 e. The second kappa shape index (κ2) is 5.83. The van der Waals surface area contributed by atoms with Crippen molar-refractivity contribution in [2.24, 2.45) is 0 Å². The van der Waals surface area contributed by atoms with E-state index in [1.54, 1.807) is 6.08 Å². The minimum atomic E-state index is -1.36. The van der Waals surface area contributed by atoms with Gasteiger partial charge in [0.2, 0.25) is 0 Å². The van der Waals surface area contributed by atoms with Gasteiger partial charge >= 0.3 is 0 Å². The fourth-order valence-electron chi connectivity index (χ4n) is 2.25. The number of hydrogen-bond donors (Lipinski definition) is 2. The van der Waals surface area contributed by atoms with E-state index in [0.29, 0.717) is 11.1 Å². The molecule has 0 saturated carbocycles. The number of aliphatic hydroxyl groups is 2. The second-order valence-corrected chi connectivity index (χ2v) is 4.60. The van der Waals surface area contributed by atoms with Crippen LogP contribution >= 0.6 is 0 Å². The van der Waals surface area contributed by atoms with E-state index in [0.717, 1.165) is 0 Å². The topological polar surface area (TPSA) is 40.5 Å². The number of benzene rings is 2. The van der Waals surface area contributed by atoms with Crippen molar-refractivity contribution in [3.63, 3.8) is 0 Å². The molecule has 0 aromatic heterocycles. The Bertz CT molecular complexity index is 521. The molecule has 2 aromatic carbocycles.